The van der Waals surface area contributed by atoms with Crippen molar-refractivity contribution in [1.29, 1.82) is 0 Å². The van der Waals surface area contributed by atoms with E-state index in [4.69, 9.17) is 0 Å². The first-order valence-electron chi connectivity index (χ1n) is 26.0. The molecule has 0 bridgehead atoms. The Hall–Kier alpha value is -1.73. The molecule has 0 saturated carbocycles. The summed E-state index contributed by atoms with van der Waals surface area (Å²) in [7, 11) is 0. The minimum Gasteiger partial charge on any atom is -0.394 e. The number of hydrogen-bond acceptors (Lipinski definition) is 5. The maximum atomic E-state index is 12.6. The van der Waals surface area contributed by atoms with E-state index in [0.717, 1.165) is 51.4 Å². The van der Waals surface area contributed by atoms with Gasteiger partial charge < -0.3 is 25.7 Å². The largest absolute Gasteiger partial charge is 0.394 e. The molecule has 60 heavy (non-hydrogen) atoms. The van der Waals surface area contributed by atoms with Crippen molar-refractivity contribution < 1.29 is 25.2 Å². The van der Waals surface area contributed by atoms with E-state index in [2.05, 4.69) is 67.8 Å². The van der Waals surface area contributed by atoms with Crippen molar-refractivity contribution in [2.45, 2.75) is 282 Å². The van der Waals surface area contributed by atoms with Crippen molar-refractivity contribution in [2.75, 3.05) is 6.61 Å². The van der Waals surface area contributed by atoms with Crippen LogP contribution in [0.3, 0.4) is 0 Å². The second-order valence-corrected chi connectivity index (χ2v) is 17.8. The van der Waals surface area contributed by atoms with Crippen LogP contribution in [0.2, 0.25) is 0 Å². The summed E-state index contributed by atoms with van der Waals surface area (Å²) in [5, 5.41) is 43.8. The van der Waals surface area contributed by atoms with E-state index in [1.807, 2.05) is 0 Å². The van der Waals surface area contributed by atoms with Gasteiger partial charge in [-0.15, -0.1) is 0 Å². The van der Waals surface area contributed by atoms with Gasteiger partial charge in [0.1, 0.15) is 12.2 Å². The molecule has 0 fully saturated rings. The Kier molecular flexibility index (Phi) is 46.9. The summed E-state index contributed by atoms with van der Waals surface area (Å²) in [6.45, 7) is 4.03. The highest BCUT2D eigenvalue weighted by atomic mass is 16.3. The van der Waals surface area contributed by atoms with Gasteiger partial charge in [0.05, 0.1) is 18.8 Å². The number of hydrogen-bond donors (Lipinski definition) is 5. The van der Waals surface area contributed by atoms with Crippen LogP contribution in [0.15, 0.2) is 48.6 Å². The van der Waals surface area contributed by atoms with E-state index in [-0.39, 0.29) is 0 Å². The molecule has 0 aliphatic heterocycles. The van der Waals surface area contributed by atoms with E-state index in [9.17, 15) is 25.2 Å². The molecule has 0 aromatic carbocycles. The fraction of sp³-hybridized carbons (Fsp3) is 0.833. The Balaban J connectivity index is 3.70. The first-order valence-corrected chi connectivity index (χ1v) is 26.0. The number of allylic oxidation sites excluding steroid dienone is 8. The number of amides is 1. The number of rotatable bonds is 47. The molecule has 5 N–H and O–H groups in total. The second-order valence-electron chi connectivity index (χ2n) is 17.8. The predicted molar refractivity (Wildman–Crippen MR) is 260 cm³/mol. The molecule has 0 rings (SSSR count). The Bertz CT molecular complexity index is 993. The molecule has 0 saturated heterocycles. The third kappa shape index (κ3) is 41.6. The summed E-state index contributed by atoms with van der Waals surface area (Å²) in [5.41, 5.74) is 0. The molecule has 0 radical (unpaired) electrons. The molecule has 352 valence electrons. The SMILES string of the molecule is CCCCCC/C=C/CC/C=C/CC/C=C/CCCC(O)C(O)C(CO)NC(=O)C(O)CCCCCCCCCCCCC/C=C\CCCCCCCCCCCCCC. The van der Waals surface area contributed by atoms with Gasteiger partial charge in [-0.25, -0.2) is 0 Å². The average Bonchev–Trinajstić information content (AvgIpc) is 3.25. The zero-order valence-corrected chi connectivity index (χ0v) is 39.7. The lowest BCUT2D eigenvalue weighted by Gasteiger charge is -2.27. The fourth-order valence-electron chi connectivity index (χ4n) is 7.84. The van der Waals surface area contributed by atoms with Gasteiger partial charge in [0.15, 0.2) is 0 Å². The number of aliphatic hydroxyl groups is 4. The maximum absolute atomic E-state index is 12.6. The van der Waals surface area contributed by atoms with Crippen molar-refractivity contribution in [3.8, 4) is 0 Å². The number of carbonyl (C=O) groups excluding carboxylic acids is 1. The maximum Gasteiger partial charge on any atom is 0.249 e. The minimum atomic E-state index is -1.29. The second kappa shape index (κ2) is 48.3. The molecular weight excluding hydrogens is 743 g/mol. The van der Waals surface area contributed by atoms with Crippen molar-refractivity contribution in [3.05, 3.63) is 48.6 Å². The minimum absolute atomic E-state index is 0.357. The van der Waals surface area contributed by atoms with Crippen LogP contribution < -0.4 is 5.32 Å². The molecule has 0 aromatic heterocycles. The van der Waals surface area contributed by atoms with Crippen LogP contribution in [-0.2, 0) is 4.79 Å². The number of unbranched alkanes of at least 4 members (excludes halogenated alkanes) is 30. The number of aliphatic hydroxyl groups excluding tert-OH is 4. The molecule has 0 aliphatic carbocycles. The highest BCUT2D eigenvalue weighted by molar-refractivity contribution is 5.80. The third-order valence-electron chi connectivity index (χ3n) is 12.0. The summed E-state index contributed by atoms with van der Waals surface area (Å²) in [6.07, 6.45) is 60.2. The Morgan fingerprint density at radius 1 is 0.400 bits per heavy atom. The molecule has 1 amide bonds. The van der Waals surface area contributed by atoms with Crippen LogP contribution in [0, 0.1) is 0 Å². The lowest BCUT2D eigenvalue weighted by atomic mass is 10.00. The molecular formula is C54H101NO5. The van der Waals surface area contributed by atoms with Crippen LogP contribution in [-0.4, -0.2) is 57.3 Å². The normalized spacial score (nSPS) is 14.3. The van der Waals surface area contributed by atoms with Gasteiger partial charge >= 0.3 is 0 Å². The topological polar surface area (TPSA) is 110 Å². The van der Waals surface area contributed by atoms with Gasteiger partial charge in [-0.3, -0.25) is 4.79 Å². The molecule has 4 atom stereocenters. The Morgan fingerprint density at radius 2 is 0.700 bits per heavy atom. The molecule has 0 spiro atoms. The van der Waals surface area contributed by atoms with Gasteiger partial charge in [0, 0.05) is 0 Å². The highest BCUT2D eigenvalue weighted by Gasteiger charge is 2.28. The van der Waals surface area contributed by atoms with Gasteiger partial charge in [0.25, 0.3) is 0 Å². The number of nitrogens with one attached hydrogen (secondary N) is 1. The van der Waals surface area contributed by atoms with Crippen LogP contribution in [0.1, 0.15) is 258 Å². The zero-order valence-electron chi connectivity index (χ0n) is 39.7. The summed E-state index contributed by atoms with van der Waals surface area (Å²) >= 11 is 0. The lowest BCUT2D eigenvalue weighted by molar-refractivity contribution is -0.132. The van der Waals surface area contributed by atoms with Gasteiger partial charge in [-0.2, -0.15) is 0 Å². The van der Waals surface area contributed by atoms with Crippen LogP contribution in [0.5, 0.6) is 0 Å². The van der Waals surface area contributed by atoms with E-state index >= 15 is 0 Å². The van der Waals surface area contributed by atoms with E-state index in [1.54, 1.807) is 0 Å². The van der Waals surface area contributed by atoms with E-state index in [0.29, 0.717) is 19.3 Å². The van der Waals surface area contributed by atoms with Gasteiger partial charge in [-0.1, -0.05) is 217 Å². The van der Waals surface area contributed by atoms with E-state index in [1.165, 1.54) is 173 Å². The quantitative estimate of drug-likeness (QED) is 0.0310. The fourth-order valence-corrected chi connectivity index (χ4v) is 7.84. The molecule has 0 aliphatic rings. The van der Waals surface area contributed by atoms with Crippen molar-refractivity contribution in [1.82, 2.24) is 5.32 Å². The van der Waals surface area contributed by atoms with Crippen molar-refractivity contribution in [3.63, 3.8) is 0 Å². The highest BCUT2D eigenvalue weighted by Crippen LogP contribution is 2.16. The summed E-state index contributed by atoms with van der Waals surface area (Å²) in [5.74, 6) is -0.600. The molecule has 4 unspecified atom stereocenters. The monoisotopic (exact) mass is 844 g/mol. The smallest absolute Gasteiger partial charge is 0.249 e. The first-order chi connectivity index (χ1) is 29.5. The lowest BCUT2D eigenvalue weighted by Crippen LogP contribution is -2.53. The van der Waals surface area contributed by atoms with E-state index < -0.39 is 36.9 Å². The summed E-state index contributed by atoms with van der Waals surface area (Å²) in [4.78, 5) is 12.6. The molecule has 6 heteroatoms. The standard InChI is InChI=1S/C54H101NO5/c1-3-5-7-9-11-13-15-17-19-21-22-23-24-25-26-27-28-29-30-32-34-36-38-40-42-44-46-48-52(58)54(60)55-50(49-56)53(59)51(57)47-45-43-41-39-37-35-33-31-20-18-16-14-12-10-8-6-4-2/h14,16,25-26,31,33,39,41,50-53,56-59H,3-13,15,17-24,27-30,32,34-38,40,42-49H2,1-2H3,(H,55,60)/b16-14+,26-25-,33-31+,41-39+. The summed E-state index contributed by atoms with van der Waals surface area (Å²) in [6, 6.07) is -1.01. The Morgan fingerprint density at radius 3 is 1.07 bits per heavy atom. The third-order valence-corrected chi connectivity index (χ3v) is 12.0. The summed E-state index contributed by atoms with van der Waals surface area (Å²) < 4.78 is 0. The van der Waals surface area contributed by atoms with Gasteiger partial charge in [-0.05, 0) is 89.9 Å². The van der Waals surface area contributed by atoms with Crippen molar-refractivity contribution >= 4 is 5.91 Å². The Labute approximate surface area is 372 Å². The van der Waals surface area contributed by atoms with Crippen LogP contribution in [0.4, 0.5) is 0 Å². The molecule has 0 heterocycles. The predicted octanol–water partition coefficient (Wildman–Crippen LogP) is 14.6. The molecule has 6 nitrogen and oxygen atoms in total. The van der Waals surface area contributed by atoms with Gasteiger partial charge in [0.2, 0.25) is 5.91 Å². The van der Waals surface area contributed by atoms with Crippen molar-refractivity contribution in [2.24, 2.45) is 0 Å². The molecule has 0 aromatic rings. The van der Waals surface area contributed by atoms with Crippen LogP contribution >= 0.6 is 0 Å². The number of carbonyl (C=O) groups is 1. The zero-order chi connectivity index (χ0) is 43.8. The average molecular weight is 844 g/mol. The van der Waals surface area contributed by atoms with Crippen LogP contribution in [0.25, 0.3) is 0 Å². The first kappa shape index (κ1) is 58.3.